The van der Waals surface area contributed by atoms with Crippen LogP contribution in [0.15, 0.2) is 38.4 Å². The minimum atomic E-state index is -0.360. The van der Waals surface area contributed by atoms with Gasteiger partial charge < -0.3 is 9.47 Å². The fraction of sp³-hybridized carbons (Fsp3) is 0.316. The van der Waals surface area contributed by atoms with Crippen LogP contribution in [0.25, 0.3) is 15.9 Å². The Morgan fingerprint density at radius 3 is 2.79 bits per heavy atom. The number of aryl methyl sites for hydroxylation is 1. The summed E-state index contributed by atoms with van der Waals surface area (Å²) in [5, 5.41) is 1.18. The normalized spacial score (nSPS) is 13.4. The first-order valence-corrected chi connectivity index (χ1v) is 11.5. The lowest BCUT2D eigenvalue weighted by Gasteiger charge is -2.13. The Kier molecular flexibility index (Phi) is 5.65. The molecule has 0 radical (unpaired) electrons. The van der Waals surface area contributed by atoms with E-state index >= 15 is 0 Å². The predicted octanol–water partition coefficient (Wildman–Crippen LogP) is 3.76. The Balaban J connectivity index is 1.90. The van der Waals surface area contributed by atoms with E-state index in [2.05, 4.69) is 0 Å². The lowest BCUT2D eigenvalue weighted by atomic mass is 10.1. The number of fused-ring (bicyclic) bond motifs is 3. The first-order valence-electron chi connectivity index (χ1n) is 8.67. The molecule has 1 aromatic carbocycles. The summed E-state index contributed by atoms with van der Waals surface area (Å²) < 4.78 is 12.7. The molecule has 146 valence electrons. The molecule has 1 aliphatic rings. The SMILES string of the molecule is COC(=O)CSc1nc2sc3c(c2c(=O)n1-c1ccc(OC)cc1)CCCS3. The van der Waals surface area contributed by atoms with Crippen LogP contribution < -0.4 is 10.3 Å². The Hall–Kier alpha value is -1.97. The zero-order chi connectivity index (χ0) is 19.7. The maximum Gasteiger partial charge on any atom is 0.316 e. The number of hydrogen-bond acceptors (Lipinski definition) is 8. The maximum absolute atomic E-state index is 13.5. The molecule has 0 spiro atoms. The van der Waals surface area contributed by atoms with Crippen LogP contribution in [-0.2, 0) is 16.0 Å². The quantitative estimate of drug-likeness (QED) is 0.344. The molecule has 0 aliphatic carbocycles. The number of nitrogens with zero attached hydrogens (tertiary/aromatic N) is 2. The van der Waals surface area contributed by atoms with E-state index in [0.717, 1.165) is 29.0 Å². The second-order valence-electron chi connectivity index (χ2n) is 6.10. The zero-order valence-corrected chi connectivity index (χ0v) is 17.8. The second-order valence-corrected chi connectivity index (χ2v) is 9.40. The van der Waals surface area contributed by atoms with Crippen molar-refractivity contribution in [1.82, 2.24) is 9.55 Å². The van der Waals surface area contributed by atoms with E-state index in [-0.39, 0.29) is 17.3 Å². The molecule has 4 rings (SSSR count). The van der Waals surface area contributed by atoms with Crippen molar-refractivity contribution in [3.8, 4) is 11.4 Å². The van der Waals surface area contributed by atoms with Crippen molar-refractivity contribution in [3.05, 3.63) is 40.2 Å². The van der Waals surface area contributed by atoms with Gasteiger partial charge in [0.1, 0.15) is 10.6 Å². The van der Waals surface area contributed by atoms with Crippen LogP contribution in [0.3, 0.4) is 0 Å². The zero-order valence-electron chi connectivity index (χ0n) is 15.4. The number of hydrogen-bond donors (Lipinski definition) is 0. The van der Waals surface area contributed by atoms with Crippen LogP contribution in [0.4, 0.5) is 0 Å². The number of rotatable bonds is 5. The summed E-state index contributed by atoms with van der Waals surface area (Å²) in [5.41, 5.74) is 1.71. The fourth-order valence-corrected chi connectivity index (χ4v) is 6.48. The molecule has 3 aromatic rings. The van der Waals surface area contributed by atoms with Gasteiger partial charge >= 0.3 is 5.97 Å². The van der Waals surface area contributed by atoms with Crippen LogP contribution in [-0.4, -0.2) is 41.2 Å². The maximum atomic E-state index is 13.5. The average Bonchev–Trinajstić information content (AvgIpc) is 3.10. The van der Waals surface area contributed by atoms with Crippen LogP contribution in [0, 0.1) is 0 Å². The number of aromatic nitrogens is 2. The Morgan fingerprint density at radius 2 is 2.07 bits per heavy atom. The lowest BCUT2D eigenvalue weighted by Crippen LogP contribution is -2.22. The molecule has 1 aliphatic heterocycles. The van der Waals surface area contributed by atoms with Gasteiger partial charge in [-0.1, -0.05) is 11.8 Å². The van der Waals surface area contributed by atoms with E-state index in [9.17, 15) is 9.59 Å². The number of benzene rings is 1. The third kappa shape index (κ3) is 3.54. The molecule has 0 fully saturated rings. The summed E-state index contributed by atoms with van der Waals surface area (Å²) >= 11 is 4.56. The van der Waals surface area contributed by atoms with Crippen molar-refractivity contribution in [2.24, 2.45) is 0 Å². The summed E-state index contributed by atoms with van der Waals surface area (Å²) in [5.74, 6) is 1.50. The molecular formula is C19H18N2O4S3. The monoisotopic (exact) mass is 434 g/mol. The second kappa shape index (κ2) is 8.18. The number of thiophene rings is 1. The van der Waals surface area contributed by atoms with Crippen molar-refractivity contribution < 1.29 is 14.3 Å². The smallest absolute Gasteiger partial charge is 0.316 e. The van der Waals surface area contributed by atoms with Gasteiger partial charge in [-0.25, -0.2) is 4.98 Å². The molecule has 0 unspecified atom stereocenters. The number of carbonyl (C=O) groups excluding carboxylic acids is 1. The summed E-state index contributed by atoms with van der Waals surface area (Å²) in [4.78, 5) is 30.7. The van der Waals surface area contributed by atoms with Crippen LogP contribution in [0.2, 0.25) is 0 Å². The first kappa shape index (κ1) is 19.4. The van der Waals surface area contributed by atoms with Gasteiger partial charge in [-0.2, -0.15) is 0 Å². The van der Waals surface area contributed by atoms with E-state index in [1.54, 1.807) is 46.9 Å². The molecular weight excluding hydrogens is 416 g/mol. The largest absolute Gasteiger partial charge is 0.497 e. The van der Waals surface area contributed by atoms with Gasteiger partial charge in [0.2, 0.25) is 0 Å². The number of methoxy groups -OCH3 is 2. The topological polar surface area (TPSA) is 70.4 Å². The molecule has 3 heterocycles. The molecule has 0 saturated carbocycles. The van der Waals surface area contributed by atoms with Gasteiger partial charge in [0.15, 0.2) is 5.16 Å². The van der Waals surface area contributed by atoms with Crippen molar-refractivity contribution in [3.63, 3.8) is 0 Å². The Morgan fingerprint density at radius 1 is 1.29 bits per heavy atom. The highest BCUT2D eigenvalue weighted by molar-refractivity contribution is 8.01. The van der Waals surface area contributed by atoms with Crippen molar-refractivity contribution in [2.75, 3.05) is 25.7 Å². The Labute approximate surface area is 174 Å². The highest BCUT2D eigenvalue weighted by Gasteiger charge is 2.23. The molecule has 0 atom stereocenters. The third-order valence-electron chi connectivity index (χ3n) is 4.44. The number of esters is 1. The number of carbonyl (C=O) groups is 1. The average molecular weight is 435 g/mol. The van der Waals surface area contributed by atoms with Crippen molar-refractivity contribution in [1.29, 1.82) is 0 Å². The van der Waals surface area contributed by atoms with Gasteiger partial charge in [0.05, 0.1) is 35.3 Å². The van der Waals surface area contributed by atoms with Gasteiger partial charge in [-0.15, -0.1) is 23.1 Å². The van der Waals surface area contributed by atoms with Gasteiger partial charge in [0.25, 0.3) is 5.56 Å². The minimum absolute atomic E-state index is 0.0877. The molecule has 0 saturated heterocycles. The lowest BCUT2D eigenvalue weighted by molar-refractivity contribution is -0.137. The van der Waals surface area contributed by atoms with Crippen LogP contribution >= 0.6 is 34.9 Å². The number of ether oxygens (including phenoxy) is 2. The fourth-order valence-electron chi connectivity index (χ4n) is 3.06. The molecule has 0 bridgehead atoms. The minimum Gasteiger partial charge on any atom is -0.497 e. The molecule has 6 nitrogen and oxygen atoms in total. The summed E-state index contributed by atoms with van der Waals surface area (Å²) in [7, 11) is 2.95. The van der Waals surface area contributed by atoms with Crippen molar-refractivity contribution >= 4 is 51.0 Å². The van der Waals surface area contributed by atoms with E-state index in [1.807, 2.05) is 12.1 Å². The van der Waals surface area contributed by atoms with Gasteiger partial charge in [0, 0.05) is 0 Å². The summed E-state index contributed by atoms with van der Waals surface area (Å²) in [6.45, 7) is 0. The first-order chi connectivity index (χ1) is 13.6. The van der Waals surface area contributed by atoms with Crippen LogP contribution in [0.1, 0.15) is 12.0 Å². The van der Waals surface area contributed by atoms with Gasteiger partial charge in [-0.3, -0.25) is 14.2 Å². The van der Waals surface area contributed by atoms with E-state index in [0.29, 0.717) is 22.0 Å². The molecule has 9 heteroatoms. The summed E-state index contributed by atoms with van der Waals surface area (Å²) in [6, 6.07) is 7.26. The standard InChI is InChI=1S/C19H18N2O4S3/c1-24-12-7-5-11(6-8-12)21-17(23)15-13-4-3-9-26-18(13)28-16(15)20-19(21)27-10-14(22)25-2/h5-8H,3-4,9-10H2,1-2H3. The Bertz CT molecular complexity index is 1090. The molecule has 0 amide bonds. The van der Waals surface area contributed by atoms with Crippen LogP contribution in [0.5, 0.6) is 5.75 Å². The predicted molar refractivity (Wildman–Crippen MR) is 114 cm³/mol. The third-order valence-corrected chi connectivity index (χ3v) is 7.88. The molecule has 28 heavy (non-hydrogen) atoms. The summed E-state index contributed by atoms with van der Waals surface area (Å²) in [6.07, 6.45) is 1.96. The molecule has 2 aromatic heterocycles. The van der Waals surface area contributed by atoms with Crippen molar-refractivity contribution in [2.45, 2.75) is 22.2 Å². The molecule has 0 N–H and O–H groups in total. The highest BCUT2D eigenvalue weighted by Crippen LogP contribution is 2.41. The van der Waals surface area contributed by atoms with E-state index in [1.165, 1.54) is 23.1 Å². The van der Waals surface area contributed by atoms with E-state index < -0.39 is 0 Å². The highest BCUT2D eigenvalue weighted by atomic mass is 32.2. The van der Waals surface area contributed by atoms with E-state index in [4.69, 9.17) is 14.5 Å². The van der Waals surface area contributed by atoms with Gasteiger partial charge in [-0.05, 0) is 48.4 Å². The number of thioether (sulfide) groups is 2.